The number of carbonyl (C=O) groups is 2. The Morgan fingerprint density at radius 2 is 0.989 bits per heavy atom. The van der Waals surface area contributed by atoms with Gasteiger partial charge in [0.05, 0.1) is 11.8 Å². The normalized spacial score (nSPS) is 39.7. The Balaban J connectivity index is 0.000000159. The zero-order valence-corrected chi connectivity index (χ0v) is 65.0. The molecule has 6 unspecified atom stereocenters. The molecule has 0 radical (unpaired) electrons. The quantitative estimate of drug-likeness (QED) is 0.0440. The van der Waals surface area contributed by atoms with Crippen molar-refractivity contribution in [1.29, 1.82) is 0 Å². The predicted molar refractivity (Wildman–Crippen MR) is 378 cm³/mol. The molecule has 14 rings (SSSR count). The number of rotatable bonds is 4. The van der Waals surface area contributed by atoms with Gasteiger partial charge in [0.25, 0.3) is 0 Å². The molecule has 4 aromatic heterocycles. The van der Waals surface area contributed by atoms with Crippen LogP contribution in [0.4, 0.5) is 16.8 Å². The van der Waals surface area contributed by atoms with Gasteiger partial charge in [-0.25, -0.2) is 0 Å². The average Bonchev–Trinajstić information content (AvgIpc) is 1.33. The molecule has 88 heavy (non-hydrogen) atoms. The molecule has 6 saturated carbocycles. The number of aromatic amines is 4. The van der Waals surface area contributed by atoms with Crippen molar-refractivity contribution in [2.24, 2.45) is 89.7 Å². The molecule has 10 aliphatic carbocycles. The number of H-pyrrole nitrogens is 4. The molecule has 486 valence electrons. The molecule has 0 aromatic carbocycles. The van der Waals surface area contributed by atoms with Crippen LogP contribution in [-0.4, -0.2) is 51.8 Å². The second-order valence-corrected chi connectivity index (χ2v) is 53.4. The summed E-state index contributed by atoms with van der Waals surface area (Å²) in [4.78, 5) is 27.4. The second-order valence-electron chi connectivity index (χ2n) is 33.4. The molecule has 13 nitrogen and oxygen atoms in total. The van der Waals surface area contributed by atoms with Gasteiger partial charge >= 0.3 is 50.5 Å². The van der Waals surface area contributed by atoms with E-state index in [-0.39, 0.29) is 76.1 Å². The fourth-order valence-electron chi connectivity index (χ4n) is 23.1. The number of nitrogens with zero attached hydrogens (tertiary/aromatic N) is 4. The van der Waals surface area contributed by atoms with E-state index in [2.05, 4.69) is 199 Å². The summed E-state index contributed by atoms with van der Waals surface area (Å²) < 4.78 is 1.28. The Bertz CT molecular complexity index is 3580. The number of allylic oxidation sites excluding steroid dienone is 4. The van der Waals surface area contributed by atoms with Gasteiger partial charge in [-0.1, -0.05) is 143 Å². The first kappa shape index (κ1) is 68.1. The van der Waals surface area contributed by atoms with Crippen molar-refractivity contribution in [3.63, 3.8) is 0 Å². The van der Waals surface area contributed by atoms with Gasteiger partial charge < -0.3 is 17.2 Å². The third-order valence-electron chi connectivity index (χ3n) is 27.9. The van der Waals surface area contributed by atoms with Crippen LogP contribution in [0.1, 0.15) is 227 Å². The fraction of sp³-hybridized carbons (Fsp3) is 0.761. The maximum Gasteiger partial charge on any atom is 0.201 e. The second kappa shape index (κ2) is 23.2. The molecule has 10 N–H and O–H groups in total. The van der Waals surface area contributed by atoms with Crippen LogP contribution in [0.3, 0.4) is 0 Å². The Hall–Kier alpha value is -1.32. The number of Topliss-reactive ketones (excluding diaryl/α,β-unsaturated/α-hetero) is 1. The third-order valence-corrected chi connectivity index (χ3v) is 30.3. The molecule has 4 aromatic rings. The van der Waals surface area contributed by atoms with E-state index < -0.39 is 0 Å². The molecule has 0 aliphatic heterocycles. The van der Waals surface area contributed by atoms with Crippen LogP contribution in [0, 0.1) is 97.6 Å². The molecule has 4 heterocycles. The number of hydrogen-bond donors (Lipinski definition) is 7. The van der Waals surface area contributed by atoms with E-state index in [1.54, 1.807) is 11.1 Å². The molecule has 6 fully saturated rings. The van der Waals surface area contributed by atoms with Crippen molar-refractivity contribution in [3.8, 4) is 0 Å². The van der Waals surface area contributed by atoms with Crippen molar-refractivity contribution in [1.82, 2.24) is 40.8 Å². The van der Waals surface area contributed by atoms with Gasteiger partial charge in [-0.15, -0.1) is 5.10 Å². The van der Waals surface area contributed by atoms with E-state index in [4.69, 9.17) is 41.0 Å². The number of aromatic nitrogens is 8. The van der Waals surface area contributed by atoms with E-state index in [0.29, 0.717) is 79.7 Å². The van der Waals surface area contributed by atoms with E-state index >= 15 is 0 Å². The first-order valence-corrected chi connectivity index (χ1v) is 47.8. The SMILES string of the molecule is CC1(C)CC[C@]2(C(=O)Cc3n[nH]c(=S)s3)CC[C@]3(C)C(=CCC4[C@@]5(C)Cc6c(N)n[nH]c6C(C)(C)C5CC[C@]43C)C2C1.CC1(C)CC[C@]2(C(=O)Cl)CC[C@]3(C)C(=CCC4[C@@]5(C)Cc6c(N)n[nH]c6C(C)(C)C5CC[C@]43C)C2C1.I[I-]I.Nc1n[nH]c(=S)s1. The van der Waals surface area contributed by atoms with Gasteiger partial charge in [-0.05, 0) is 230 Å². The van der Waals surface area contributed by atoms with Gasteiger partial charge in [0, 0.05) is 38.8 Å². The topological polar surface area (TPSA) is 227 Å². The molecule has 10 aliphatic rings. The first-order valence-electron chi connectivity index (χ1n) is 32.4. The molecule has 0 bridgehead atoms. The molecule has 0 spiro atoms. The van der Waals surface area contributed by atoms with Crippen LogP contribution >= 0.6 is 95.9 Å². The maximum absolute atomic E-state index is 14.4. The number of nitrogens with two attached hydrogens (primary N) is 3. The number of nitrogen functional groups attached to an aromatic ring is 3. The van der Waals surface area contributed by atoms with E-state index in [9.17, 15) is 9.59 Å². The fourth-order valence-corrected chi connectivity index (χ4v) is 25.0. The average molecular weight is 1630 g/mol. The molecular weight excluding hydrogens is 1540 g/mol. The maximum atomic E-state index is 14.4. The number of halogens is 4. The monoisotopic (exact) mass is 1630 g/mol. The standard InChI is InChI=1S/C34H49N5OS2.C31H46ClN3O.C2H3N3S2.I3/c1-29(2)12-14-34(24(40)16-25-36-39-28(41)42-25)15-13-32(6)20(21(34)18-29)8-9-23-31(5)17-19-26(37-38-27(19)35)30(3,4)22(31)10-11-33(23,32)7;1-26(2)12-14-31(25(32)36)15-13-29(6)19(20(31)17-26)8-9-22-28(5)16-18-23(34-35-24(18)33)27(3,4)21(28)10-11-30(22,29)7;3-1-4-5-2(6)7-1;1-3-2/h8,21-23H,9-18H2,1-7H3,(H,39,41)(H3,35,37,38);8,20-22H,9-17H2,1-7H3,(H3,33,34,35);(H2,3,4)(H,5,6);/q;;;-1/t21?,22?,23?,31-,32+,33+,34-;20?,21?,22?,28-,29+,30+,31-;;/m00../s1. The van der Waals surface area contributed by atoms with Gasteiger partial charge in [0.1, 0.15) is 22.4 Å². The minimum atomic E-state index is -0.361. The smallest absolute Gasteiger partial charge is 0.201 e. The van der Waals surface area contributed by atoms with Crippen molar-refractivity contribution in [2.45, 2.75) is 230 Å². The number of hydrogen-bond acceptors (Lipinski definition) is 13. The Morgan fingerprint density at radius 3 is 1.39 bits per heavy atom. The van der Waals surface area contributed by atoms with E-state index in [1.165, 1.54) is 70.9 Å². The predicted octanol–water partition coefficient (Wildman–Crippen LogP) is 15.3. The number of anilines is 3. The molecule has 0 amide bonds. The van der Waals surface area contributed by atoms with Crippen molar-refractivity contribution in [2.75, 3.05) is 17.2 Å². The Morgan fingerprint density at radius 1 is 0.580 bits per heavy atom. The van der Waals surface area contributed by atoms with Crippen LogP contribution in [0.25, 0.3) is 0 Å². The summed E-state index contributed by atoms with van der Waals surface area (Å²) in [5, 5.41) is 30.3. The summed E-state index contributed by atoms with van der Waals surface area (Å²) in [7, 11) is 0. The Kier molecular flexibility index (Phi) is 18.0. The Labute approximate surface area is 576 Å². The van der Waals surface area contributed by atoms with Crippen LogP contribution < -0.4 is 30.5 Å². The minimum Gasteiger partial charge on any atom is -0.374 e. The molecule has 14 atom stereocenters. The van der Waals surface area contributed by atoms with E-state index in [0.717, 1.165) is 94.9 Å². The number of ketones is 1. The van der Waals surface area contributed by atoms with Crippen LogP contribution in [0.5, 0.6) is 0 Å². The summed E-state index contributed by atoms with van der Waals surface area (Å²) in [6.45, 7) is 34.8. The minimum absolute atomic E-state index is 0.0128. The number of carbonyl (C=O) groups excluding carboxylic acids is 2. The van der Waals surface area contributed by atoms with Gasteiger partial charge in [-0.3, -0.25) is 30.0 Å². The summed E-state index contributed by atoms with van der Waals surface area (Å²) in [6.07, 6.45) is 25.2. The summed E-state index contributed by atoms with van der Waals surface area (Å²) in [5.41, 5.74) is 27.1. The van der Waals surface area contributed by atoms with Crippen LogP contribution in [-0.2, 0) is 39.7 Å². The largest absolute Gasteiger partial charge is 0.374 e. The summed E-state index contributed by atoms with van der Waals surface area (Å²) in [5.74, 6) is 4.68. The van der Waals surface area contributed by atoms with Crippen molar-refractivity contribution < 1.29 is 22.8 Å². The van der Waals surface area contributed by atoms with Crippen molar-refractivity contribution in [3.05, 3.63) is 58.7 Å². The first-order chi connectivity index (χ1) is 40.9. The van der Waals surface area contributed by atoms with Gasteiger partial charge in [0.2, 0.25) is 10.4 Å². The zero-order valence-electron chi connectivity index (χ0n) is 54.5. The van der Waals surface area contributed by atoms with Crippen LogP contribution in [0.15, 0.2) is 23.3 Å². The van der Waals surface area contributed by atoms with Gasteiger partial charge in [0.15, 0.2) is 7.91 Å². The number of nitrogens with one attached hydrogen (secondary N) is 4. The van der Waals surface area contributed by atoms with E-state index in [1.807, 2.05) is 0 Å². The molecule has 0 saturated heterocycles. The number of fused-ring (bicyclic) bond motifs is 16. The summed E-state index contributed by atoms with van der Waals surface area (Å²) >= 11 is 24.4. The summed E-state index contributed by atoms with van der Waals surface area (Å²) in [6, 6.07) is 0. The third kappa shape index (κ3) is 10.4. The zero-order chi connectivity index (χ0) is 64.2. The van der Waals surface area contributed by atoms with Gasteiger partial charge in [-0.2, -0.15) is 15.3 Å². The molecular formula is C67H98ClI3N11O2S4-. The molecule has 21 heteroatoms. The van der Waals surface area contributed by atoms with Crippen LogP contribution in [0.2, 0.25) is 0 Å². The van der Waals surface area contributed by atoms with Crippen molar-refractivity contribution >= 4 is 124 Å².